The van der Waals surface area contributed by atoms with Crippen LogP contribution in [0.1, 0.15) is 32.1 Å². The molecule has 12 heavy (non-hydrogen) atoms. The second-order valence-electron chi connectivity index (χ2n) is 4.58. The predicted molar refractivity (Wildman–Crippen MR) is 49.2 cm³/mol. The van der Waals surface area contributed by atoms with Crippen LogP contribution in [0.4, 0.5) is 0 Å². The molecule has 2 unspecified atom stereocenters. The molecule has 0 amide bonds. The normalized spacial score (nSPS) is 42.0. The molecule has 2 saturated heterocycles. The van der Waals surface area contributed by atoms with Crippen molar-refractivity contribution in [2.24, 2.45) is 0 Å². The molecule has 2 nitrogen and oxygen atoms in total. The first-order chi connectivity index (χ1) is 5.93. The molecule has 0 spiro atoms. The molecule has 2 aliphatic heterocycles. The standard InChI is InChI=1S/C10H18N2/c1-2-10-9(11-8-3-4-8)5-7-12(10)6-1/h8-11H,1-7H2. The Bertz CT molecular complexity index is 177. The molecular weight excluding hydrogens is 148 g/mol. The van der Waals surface area contributed by atoms with Crippen molar-refractivity contribution in [2.75, 3.05) is 13.1 Å². The van der Waals surface area contributed by atoms with E-state index in [1.807, 2.05) is 0 Å². The second-order valence-corrected chi connectivity index (χ2v) is 4.58. The van der Waals surface area contributed by atoms with E-state index in [1.165, 1.54) is 45.2 Å². The fourth-order valence-corrected chi connectivity index (χ4v) is 2.83. The summed E-state index contributed by atoms with van der Waals surface area (Å²) in [5, 5.41) is 3.78. The first-order valence-electron chi connectivity index (χ1n) is 5.43. The quantitative estimate of drug-likeness (QED) is 0.657. The van der Waals surface area contributed by atoms with Gasteiger partial charge in [-0.05, 0) is 38.6 Å². The summed E-state index contributed by atoms with van der Waals surface area (Å²) in [4.78, 5) is 2.68. The lowest BCUT2D eigenvalue weighted by molar-refractivity contribution is 0.298. The van der Waals surface area contributed by atoms with E-state index in [0.29, 0.717) is 0 Å². The minimum atomic E-state index is 0.847. The summed E-state index contributed by atoms with van der Waals surface area (Å²) in [6, 6.07) is 2.65. The molecule has 3 rings (SSSR count). The summed E-state index contributed by atoms with van der Waals surface area (Å²) in [5.74, 6) is 0. The lowest BCUT2D eigenvalue weighted by Gasteiger charge is -2.20. The third-order valence-corrected chi connectivity index (χ3v) is 3.63. The van der Waals surface area contributed by atoms with Crippen LogP contribution in [0.25, 0.3) is 0 Å². The topological polar surface area (TPSA) is 15.3 Å². The van der Waals surface area contributed by atoms with Gasteiger partial charge in [0.05, 0.1) is 0 Å². The average molecular weight is 166 g/mol. The van der Waals surface area contributed by atoms with Crippen LogP contribution in [0, 0.1) is 0 Å². The highest BCUT2D eigenvalue weighted by Crippen LogP contribution is 2.30. The monoisotopic (exact) mass is 166 g/mol. The predicted octanol–water partition coefficient (Wildman–Crippen LogP) is 0.975. The van der Waals surface area contributed by atoms with Gasteiger partial charge in [0, 0.05) is 24.7 Å². The number of fused-ring (bicyclic) bond motifs is 1. The molecule has 0 radical (unpaired) electrons. The Morgan fingerprint density at radius 3 is 2.75 bits per heavy atom. The van der Waals surface area contributed by atoms with E-state index in [0.717, 1.165) is 18.1 Å². The van der Waals surface area contributed by atoms with E-state index in [9.17, 15) is 0 Å². The van der Waals surface area contributed by atoms with Gasteiger partial charge in [0.25, 0.3) is 0 Å². The van der Waals surface area contributed by atoms with Crippen molar-refractivity contribution in [3.63, 3.8) is 0 Å². The Kier molecular flexibility index (Phi) is 1.66. The van der Waals surface area contributed by atoms with E-state index in [-0.39, 0.29) is 0 Å². The van der Waals surface area contributed by atoms with Crippen LogP contribution in [0.2, 0.25) is 0 Å². The zero-order valence-electron chi connectivity index (χ0n) is 7.63. The molecule has 1 N–H and O–H groups in total. The Morgan fingerprint density at radius 2 is 1.92 bits per heavy atom. The van der Waals surface area contributed by atoms with Crippen molar-refractivity contribution < 1.29 is 0 Å². The van der Waals surface area contributed by atoms with Crippen molar-refractivity contribution in [2.45, 2.75) is 50.2 Å². The van der Waals surface area contributed by atoms with Gasteiger partial charge >= 0.3 is 0 Å². The molecule has 2 heteroatoms. The summed E-state index contributed by atoms with van der Waals surface area (Å²) < 4.78 is 0. The highest BCUT2D eigenvalue weighted by atomic mass is 15.2. The molecular formula is C10H18N2. The van der Waals surface area contributed by atoms with Crippen LogP contribution >= 0.6 is 0 Å². The van der Waals surface area contributed by atoms with Gasteiger partial charge in [-0.3, -0.25) is 4.90 Å². The minimum absolute atomic E-state index is 0.847. The number of hydrogen-bond donors (Lipinski definition) is 1. The fraction of sp³-hybridized carbons (Fsp3) is 1.00. The van der Waals surface area contributed by atoms with Crippen molar-refractivity contribution in [1.29, 1.82) is 0 Å². The van der Waals surface area contributed by atoms with Crippen molar-refractivity contribution in [3.8, 4) is 0 Å². The van der Waals surface area contributed by atoms with E-state index in [4.69, 9.17) is 0 Å². The molecule has 0 bridgehead atoms. The Morgan fingerprint density at radius 1 is 1.00 bits per heavy atom. The van der Waals surface area contributed by atoms with Crippen molar-refractivity contribution >= 4 is 0 Å². The average Bonchev–Trinajstić information content (AvgIpc) is 2.63. The van der Waals surface area contributed by atoms with Gasteiger partial charge in [-0.2, -0.15) is 0 Å². The van der Waals surface area contributed by atoms with Crippen LogP contribution in [0.5, 0.6) is 0 Å². The number of hydrogen-bond acceptors (Lipinski definition) is 2. The molecule has 0 aromatic carbocycles. The second kappa shape index (κ2) is 2.71. The molecule has 2 heterocycles. The fourth-order valence-electron chi connectivity index (χ4n) is 2.83. The van der Waals surface area contributed by atoms with E-state index < -0.39 is 0 Å². The van der Waals surface area contributed by atoms with Gasteiger partial charge in [0.15, 0.2) is 0 Å². The van der Waals surface area contributed by atoms with Crippen molar-refractivity contribution in [3.05, 3.63) is 0 Å². The maximum absolute atomic E-state index is 3.78. The Balaban J connectivity index is 1.62. The first kappa shape index (κ1) is 7.34. The van der Waals surface area contributed by atoms with Crippen molar-refractivity contribution in [1.82, 2.24) is 10.2 Å². The largest absolute Gasteiger partial charge is 0.310 e. The number of nitrogens with zero attached hydrogens (tertiary/aromatic N) is 1. The molecule has 1 aliphatic carbocycles. The van der Waals surface area contributed by atoms with Crippen LogP contribution in [-0.4, -0.2) is 36.1 Å². The van der Waals surface area contributed by atoms with Crippen LogP contribution in [-0.2, 0) is 0 Å². The third kappa shape index (κ3) is 1.17. The zero-order valence-corrected chi connectivity index (χ0v) is 7.63. The minimum Gasteiger partial charge on any atom is -0.310 e. The van der Waals surface area contributed by atoms with Gasteiger partial charge < -0.3 is 5.32 Å². The molecule has 3 fully saturated rings. The van der Waals surface area contributed by atoms with Crippen LogP contribution in [0.15, 0.2) is 0 Å². The Hall–Kier alpha value is -0.0800. The summed E-state index contributed by atoms with van der Waals surface area (Å²) in [6.07, 6.45) is 7.16. The maximum atomic E-state index is 3.78. The SMILES string of the molecule is C1CC2C(NC3CC3)CCN2C1. The molecule has 0 aromatic heterocycles. The summed E-state index contributed by atoms with van der Waals surface area (Å²) in [7, 11) is 0. The lowest BCUT2D eigenvalue weighted by Crippen LogP contribution is -2.40. The zero-order chi connectivity index (χ0) is 7.97. The Labute approximate surface area is 74.3 Å². The lowest BCUT2D eigenvalue weighted by atomic mass is 10.1. The molecule has 0 aromatic rings. The molecule has 1 saturated carbocycles. The van der Waals surface area contributed by atoms with Crippen LogP contribution < -0.4 is 5.32 Å². The van der Waals surface area contributed by atoms with Gasteiger partial charge in [0.2, 0.25) is 0 Å². The van der Waals surface area contributed by atoms with E-state index in [1.54, 1.807) is 0 Å². The molecule has 3 aliphatic rings. The third-order valence-electron chi connectivity index (χ3n) is 3.63. The van der Waals surface area contributed by atoms with E-state index >= 15 is 0 Å². The van der Waals surface area contributed by atoms with Gasteiger partial charge in [0.1, 0.15) is 0 Å². The van der Waals surface area contributed by atoms with Gasteiger partial charge in [-0.1, -0.05) is 0 Å². The van der Waals surface area contributed by atoms with Gasteiger partial charge in [-0.15, -0.1) is 0 Å². The first-order valence-corrected chi connectivity index (χ1v) is 5.43. The molecule has 68 valence electrons. The van der Waals surface area contributed by atoms with Gasteiger partial charge in [-0.25, -0.2) is 0 Å². The van der Waals surface area contributed by atoms with E-state index in [2.05, 4.69) is 10.2 Å². The summed E-state index contributed by atoms with van der Waals surface area (Å²) in [5.41, 5.74) is 0. The summed E-state index contributed by atoms with van der Waals surface area (Å²) in [6.45, 7) is 2.72. The summed E-state index contributed by atoms with van der Waals surface area (Å²) >= 11 is 0. The van der Waals surface area contributed by atoms with Crippen LogP contribution in [0.3, 0.4) is 0 Å². The smallest absolute Gasteiger partial charge is 0.0250 e. The highest BCUT2D eigenvalue weighted by molar-refractivity contribution is 4.98. The highest BCUT2D eigenvalue weighted by Gasteiger charge is 2.39. The number of nitrogens with one attached hydrogen (secondary N) is 1. The maximum Gasteiger partial charge on any atom is 0.0250 e. The number of rotatable bonds is 2. The molecule has 2 atom stereocenters.